The van der Waals surface area contributed by atoms with Gasteiger partial charge in [-0.2, -0.15) is 0 Å². The molecule has 1 fully saturated rings. The fourth-order valence-electron chi connectivity index (χ4n) is 3.75. The SMILES string of the molecule is Cc1ccc(C)c(NC(=S)N(CCCN2CCOCC2)Cc2ccc(N(C)C)cc2)c1. The second kappa shape index (κ2) is 11.5. The Hall–Kier alpha value is -2.15. The third kappa shape index (κ3) is 7.20. The van der Waals surface area contributed by atoms with Crippen LogP contribution in [0.3, 0.4) is 0 Å². The highest BCUT2D eigenvalue weighted by Gasteiger charge is 2.15. The number of hydrogen-bond acceptors (Lipinski definition) is 4. The van der Waals surface area contributed by atoms with E-state index in [1.807, 2.05) is 0 Å². The lowest BCUT2D eigenvalue weighted by Crippen LogP contribution is -2.40. The molecule has 31 heavy (non-hydrogen) atoms. The molecule has 1 aliphatic heterocycles. The van der Waals surface area contributed by atoms with E-state index < -0.39 is 0 Å². The second-order valence-electron chi connectivity index (χ2n) is 8.54. The molecule has 0 bridgehead atoms. The molecule has 0 aromatic heterocycles. The van der Waals surface area contributed by atoms with Crippen LogP contribution in [0.25, 0.3) is 0 Å². The van der Waals surface area contributed by atoms with Gasteiger partial charge in [0.15, 0.2) is 5.11 Å². The van der Waals surface area contributed by atoms with E-state index >= 15 is 0 Å². The summed E-state index contributed by atoms with van der Waals surface area (Å²) in [5.74, 6) is 0. The number of thiocarbonyl (C=S) groups is 1. The number of rotatable bonds is 8. The van der Waals surface area contributed by atoms with Gasteiger partial charge in [-0.3, -0.25) is 4.90 Å². The van der Waals surface area contributed by atoms with Crippen molar-refractivity contribution in [3.8, 4) is 0 Å². The fraction of sp³-hybridized carbons (Fsp3) is 0.480. The number of nitrogens with zero attached hydrogens (tertiary/aromatic N) is 3. The number of aryl methyl sites for hydroxylation is 2. The second-order valence-corrected chi connectivity index (χ2v) is 8.93. The zero-order valence-corrected chi connectivity index (χ0v) is 20.2. The minimum Gasteiger partial charge on any atom is -0.379 e. The molecule has 168 valence electrons. The van der Waals surface area contributed by atoms with E-state index in [1.165, 1.54) is 22.4 Å². The molecule has 6 heteroatoms. The summed E-state index contributed by atoms with van der Waals surface area (Å²) in [5.41, 5.74) is 6.00. The van der Waals surface area contributed by atoms with Crippen LogP contribution in [0.2, 0.25) is 0 Å². The number of hydrogen-bond donors (Lipinski definition) is 1. The van der Waals surface area contributed by atoms with Crippen LogP contribution in [-0.2, 0) is 11.3 Å². The molecule has 0 unspecified atom stereocenters. The largest absolute Gasteiger partial charge is 0.379 e. The fourth-order valence-corrected chi connectivity index (χ4v) is 4.01. The maximum Gasteiger partial charge on any atom is 0.173 e. The van der Waals surface area contributed by atoms with Crippen LogP contribution in [-0.4, -0.2) is 68.4 Å². The zero-order valence-electron chi connectivity index (χ0n) is 19.4. The van der Waals surface area contributed by atoms with Crippen molar-refractivity contribution in [3.05, 3.63) is 59.2 Å². The Morgan fingerprint density at radius 2 is 1.77 bits per heavy atom. The van der Waals surface area contributed by atoms with Crippen molar-refractivity contribution in [2.24, 2.45) is 0 Å². The predicted molar refractivity (Wildman–Crippen MR) is 135 cm³/mol. The quantitative estimate of drug-likeness (QED) is 0.616. The first-order valence-electron chi connectivity index (χ1n) is 11.1. The van der Waals surface area contributed by atoms with Gasteiger partial charge < -0.3 is 19.9 Å². The van der Waals surface area contributed by atoms with Crippen LogP contribution in [0.5, 0.6) is 0 Å². The van der Waals surface area contributed by atoms with Crippen molar-refractivity contribution < 1.29 is 4.74 Å². The van der Waals surface area contributed by atoms with Crippen LogP contribution in [0, 0.1) is 13.8 Å². The number of nitrogens with one attached hydrogen (secondary N) is 1. The molecule has 0 radical (unpaired) electrons. The molecule has 1 aliphatic rings. The topological polar surface area (TPSA) is 31.0 Å². The average Bonchev–Trinajstić information content (AvgIpc) is 2.76. The summed E-state index contributed by atoms with van der Waals surface area (Å²) in [6, 6.07) is 15.2. The molecule has 2 aromatic rings. The number of morpholine rings is 1. The van der Waals surface area contributed by atoms with Crippen LogP contribution >= 0.6 is 12.2 Å². The van der Waals surface area contributed by atoms with Crippen LogP contribution in [0.4, 0.5) is 11.4 Å². The molecule has 5 nitrogen and oxygen atoms in total. The summed E-state index contributed by atoms with van der Waals surface area (Å²) in [7, 11) is 4.13. The first kappa shape index (κ1) is 23.5. The van der Waals surface area contributed by atoms with Gasteiger partial charge in [-0.1, -0.05) is 24.3 Å². The molecule has 0 amide bonds. The smallest absolute Gasteiger partial charge is 0.173 e. The summed E-state index contributed by atoms with van der Waals surface area (Å²) in [5, 5.41) is 4.29. The Labute approximate surface area is 193 Å². The molecular formula is C25H36N4OS. The number of ether oxygens (including phenoxy) is 1. The Morgan fingerprint density at radius 1 is 1.06 bits per heavy atom. The molecule has 3 rings (SSSR count). The summed E-state index contributed by atoms with van der Waals surface area (Å²) in [6.45, 7) is 10.8. The number of anilines is 2. The summed E-state index contributed by atoms with van der Waals surface area (Å²) in [6.07, 6.45) is 1.07. The van der Waals surface area contributed by atoms with Crippen LogP contribution in [0.1, 0.15) is 23.1 Å². The Balaban J connectivity index is 1.67. The van der Waals surface area contributed by atoms with E-state index in [1.54, 1.807) is 0 Å². The Bertz CT molecular complexity index is 847. The van der Waals surface area contributed by atoms with Crippen molar-refractivity contribution in [1.29, 1.82) is 0 Å². The van der Waals surface area contributed by atoms with Gasteiger partial charge in [-0.25, -0.2) is 0 Å². The lowest BCUT2D eigenvalue weighted by molar-refractivity contribution is 0.0368. The first-order chi connectivity index (χ1) is 14.9. The first-order valence-corrected chi connectivity index (χ1v) is 11.5. The van der Waals surface area contributed by atoms with Gasteiger partial charge in [-0.15, -0.1) is 0 Å². The average molecular weight is 441 g/mol. The monoisotopic (exact) mass is 440 g/mol. The molecule has 0 saturated carbocycles. The van der Waals surface area contributed by atoms with Gasteiger partial charge in [0.2, 0.25) is 0 Å². The van der Waals surface area contributed by atoms with Crippen molar-refractivity contribution in [1.82, 2.24) is 9.80 Å². The normalized spacial score (nSPS) is 14.3. The summed E-state index contributed by atoms with van der Waals surface area (Å²) in [4.78, 5) is 6.90. The van der Waals surface area contributed by atoms with E-state index in [-0.39, 0.29) is 0 Å². The van der Waals surface area contributed by atoms with E-state index in [2.05, 4.69) is 90.4 Å². The molecule has 1 heterocycles. The predicted octanol–water partition coefficient (Wildman–Crippen LogP) is 4.29. The zero-order chi connectivity index (χ0) is 22.2. The molecule has 0 atom stereocenters. The highest BCUT2D eigenvalue weighted by molar-refractivity contribution is 7.80. The molecule has 1 saturated heterocycles. The Kier molecular flexibility index (Phi) is 8.69. The van der Waals surface area contributed by atoms with Crippen LogP contribution < -0.4 is 10.2 Å². The van der Waals surface area contributed by atoms with E-state index in [9.17, 15) is 0 Å². The van der Waals surface area contributed by atoms with Gasteiger partial charge in [0.1, 0.15) is 0 Å². The number of benzene rings is 2. The van der Waals surface area contributed by atoms with Crippen LogP contribution in [0.15, 0.2) is 42.5 Å². The lowest BCUT2D eigenvalue weighted by Gasteiger charge is -2.30. The molecule has 0 aliphatic carbocycles. The van der Waals surface area contributed by atoms with Gasteiger partial charge >= 0.3 is 0 Å². The van der Waals surface area contributed by atoms with Crippen molar-refractivity contribution in [3.63, 3.8) is 0 Å². The van der Waals surface area contributed by atoms with Gasteiger partial charge in [0.25, 0.3) is 0 Å². The molecule has 2 aromatic carbocycles. The highest BCUT2D eigenvalue weighted by atomic mass is 32.1. The summed E-state index contributed by atoms with van der Waals surface area (Å²) < 4.78 is 5.47. The van der Waals surface area contributed by atoms with Crippen molar-refractivity contribution in [2.75, 3.05) is 63.7 Å². The molecule has 0 spiro atoms. The standard InChI is InChI=1S/C25H36N4OS/c1-20-6-7-21(2)24(18-20)26-25(31)29(13-5-12-28-14-16-30-17-15-28)19-22-8-10-23(11-9-22)27(3)4/h6-11,18H,5,12-17,19H2,1-4H3,(H,26,31). The lowest BCUT2D eigenvalue weighted by atomic mass is 10.1. The molecule has 1 N–H and O–H groups in total. The van der Waals surface area contributed by atoms with E-state index in [4.69, 9.17) is 17.0 Å². The maximum absolute atomic E-state index is 5.87. The maximum atomic E-state index is 5.87. The van der Waals surface area contributed by atoms with Gasteiger partial charge in [-0.05, 0) is 67.4 Å². The highest BCUT2D eigenvalue weighted by Crippen LogP contribution is 2.19. The van der Waals surface area contributed by atoms with Gasteiger partial charge in [0, 0.05) is 58.2 Å². The van der Waals surface area contributed by atoms with E-state index in [0.29, 0.717) is 0 Å². The van der Waals surface area contributed by atoms with Crippen molar-refractivity contribution in [2.45, 2.75) is 26.8 Å². The third-order valence-corrected chi connectivity index (χ3v) is 6.11. The minimum atomic E-state index is 0.785. The minimum absolute atomic E-state index is 0.785. The van der Waals surface area contributed by atoms with E-state index in [0.717, 1.165) is 63.2 Å². The van der Waals surface area contributed by atoms with Crippen molar-refractivity contribution >= 4 is 28.7 Å². The third-order valence-electron chi connectivity index (χ3n) is 5.75. The van der Waals surface area contributed by atoms with Gasteiger partial charge in [0.05, 0.1) is 13.2 Å². The summed E-state index contributed by atoms with van der Waals surface area (Å²) >= 11 is 5.87. The molecular weight excluding hydrogens is 404 g/mol. The Morgan fingerprint density at radius 3 is 2.45 bits per heavy atom.